The van der Waals surface area contributed by atoms with Crippen LogP contribution in [-0.4, -0.2) is 193 Å². The molecule has 19 heteroatoms. The molecule has 3 aliphatic heterocycles. The number of allylic oxidation sites excluding steroid dienone is 13. The maximum atomic E-state index is 13.4. The van der Waals surface area contributed by atoms with Gasteiger partial charge in [-0.25, -0.2) is 0 Å². The molecule has 3 rings (SSSR count). The zero-order valence-electron chi connectivity index (χ0n) is 54.8. The van der Waals surface area contributed by atoms with Crippen molar-refractivity contribution in [3.05, 3.63) is 85.1 Å². The Morgan fingerprint density at radius 2 is 0.778 bits per heavy atom. The molecule has 0 radical (unpaired) electrons. The second-order valence-electron chi connectivity index (χ2n) is 24.6. The maximum absolute atomic E-state index is 13.4. The normalized spacial score (nSPS) is 28.6. The Balaban J connectivity index is 1.47. The molecule has 12 N–H and O–H groups in total. The standard InChI is InChI=1S/C71H123NO18/c1-3-5-7-9-11-13-15-17-19-21-23-25-26-27-29-30-32-34-36-38-40-42-44-46-48-55(76)54(72-59(77)49-47-45-43-41-39-37-35-33-31-28-24-22-20-18-16-14-12-10-8-6-4-2)53-85-69-65(83)62(80)67(57(51-74)87-69)90-71-66(84)63(81)68(58(52-75)88-71)89-70-64(82)61(79)60(78)56(50-73)86-70/h6,8,12,14,18,20,24,28,33,35,38,40,46,48,54-58,60-71,73-76,78-84H,3-5,7,9-11,13,15-17,19,21-23,25-27,29-32,34,36-37,39,41-45,47,49-53H2,1-2H3,(H,72,77)/b8-6-,14-12-,20-18-,28-24-,35-33-,40-38+,48-46+. The van der Waals surface area contributed by atoms with E-state index < -0.39 is 124 Å². The summed E-state index contributed by atoms with van der Waals surface area (Å²) in [7, 11) is 0. The van der Waals surface area contributed by atoms with Crippen LogP contribution in [0.2, 0.25) is 0 Å². The van der Waals surface area contributed by atoms with E-state index in [0.29, 0.717) is 12.8 Å². The second-order valence-corrected chi connectivity index (χ2v) is 24.6. The van der Waals surface area contributed by atoms with Gasteiger partial charge >= 0.3 is 0 Å². The summed E-state index contributed by atoms with van der Waals surface area (Å²) in [5.41, 5.74) is 0. The zero-order chi connectivity index (χ0) is 65.4. The van der Waals surface area contributed by atoms with Crippen molar-refractivity contribution in [3.63, 3.8) is 0 Å². The third-order valence-corrected chi connectivity index (χ3v) is 16.9. The molecule has 3 fully saturated rings. The van der Waals surface area contributed by atoms with E-state index >= 15 is 0 Å². The Bertz CT molecular complexity index is 1960. The molecule has 17 atom stereocenters. The van der Waals surface area contributed by atoms with E-state index in [2.05, 4.69) is 92.1 Å². The highest BCUT2D eigenvalue weighted by Crippen LogP contribution is 2.33. The van der Waals surface area contributed by atoms with E-state index in [4.69, 9.17) is 28.4 Å². The average Bonchev–Trinajstić information content (AvgIpc) is 0.853. The summed E-state index contributed by atoms with van der Waals surface area (Å²) in [6.45, 7) is 1.59. The molecule has 0 bridgehead atoms. The van der Waals surface area contributed by atoms with Gasteiger partial charge in [0.2, 0.25) is 5.91 Å². The fourth-order valence-corrected chi connectivity index (χ4v) is 11.3. The topological polar surface area (TPSA) is 307 Å². The highest BCUT2D eigenvalue weighted by Gasteiger charge is 2.53. The number of unbranched alkanes of at least 4 members (excludes halogenated alkanes) is 24. The molecule has 0 spiro atoms. The van der Waals surface area contributed by atoms with Crippen molar-refractivity contribution in [1.29, 1.82) is 0 Å². The van der Waals surface area contributed by atoms with Crippen molar-refractivity contribution in [2.75, 3.05) is 26.4 Å². The van der Waals surface area contributed by atoms with Crippen molar-refractivity contribution in [3.8, 4) is 0 Å². The number of hydrogen-bond acceptors (Lipinski definition) is 18. The highest BCUT2D eigenvalue weighted by molar-refractivity contribution is 5.76. The van der Waals surface area contributed by atoms with Crippen LogP contribution in [-0.2, 0) is 33.2 Å². The van der Waals surface area contributed by atoms with Gasteiger partial charge in [0.1, 0.15) is 73.2 Å². The summed E-state index contributed by atoms with van der Waals surface area (Å²) in [6.07, 6.45) is 39.8. The summed E-state index contributed by atoms with van der Waals surface area (Å²) in [6, 6.07) is -1.01. The lowest BCUT2D eigenvalue weighted by atomic mass is 9.96. The quantitative estimate of drug-likeness (QED) is 0.0200. The van der Waals surface area contributed by atoms with E-state index in [1.165, 1.54) is 109 Å². The third-order valence-electron chi connectivity index (χ3n) is 16.9. The van der Waals surface area contributed by atoms with Crippen LogP contribution >= 0.6 is 0 Å². The number of carbonyl (C=O) groups excluding carboxylic acids is 1. The van der Waals surface area contributed by atoms with Gasteiger partial charge in [-0.05, 0) is 77.0 Å². The Morgan fingerprint density at radius 3 is 1.24 bits per heavy atom. The van der Waals surface area contributed by atoms with Crippen LogP contribution in [0.25, 0.3) is 0 Å². The SMILES string of the molecule is CC/C=C\C/C=C\C/C=C\C/C=C\C/C=C\CCCCCCCC(=O)NC(COC1OC(CO)C(OC2OC(CO)C(OC3OC(CO)C(O)C(O)C3O)C(O)C2O)C(O)C1O)C(O)/C=C/CC/C=C/CCCCCCCCCCCCCCCCCCCC. The van der Waals surface area contributed by atoms with Crippen molar-refractivity contribution in [2.45, 2.75) is 330 Å². The molecular formula is C71H123NO18. The molecular weight excluding hydrogens is 1150 g/mol. The molecule has 19 nitrogen and oxygen atoms in total. The third kappa shape index (κ3) is 33.9. The van der Waals surface area contributed by atoms with Crippen LogP contribution in [0, 0.1) is 0 Å². The van der Waals surface area contributed by atoms with E-state index in [1.54, 1.807) is 6.08 Å². The molecule has 1 amide bonds. The minimum atomic E-state index is -1.99. The summed E-state index contributed by atoms with van der Waals surface area (Å²) in [4.78, 5) is 13.4. The van der Waals surface area contributed by atoms with Crippen LogP contribution in [0.15, 0.2) is 85.1 Å². The molecule has 17 unspecified atom stereocenters. The van der Waals surface area contributed by atoms with E-state index in [0.717, 1.165) is 83.5 Å². The summed E-state index contributed by atoms with van der Waals surface area (Å²) < 4.78 is 34.3. The first-order valence-electron chi connectivity index (χ1n) is 34.8. The van der Waals surface area contributed by atoms with Gasteiger partial charge < -0.3 is 89.9 Å². The van der Waals surface area contributed by atoms with Gasteiger partial charge in [-0.3, -0.25) is 4.79 Å². The molecule has 0 saturated carbocycles. The second kappa shape index (κ2) is 52.3. The predicted octanol–water partition coefficient (Wildman–Crippen LogP) is 9.10. The minimum Gasteiger partial charge on any atom is -0.394 e. The number of nitrogens with one attached hydrogen (secondary N) is 1. The van der Waals surface area contributed by atoms with Crippen LogP contribution in [0.1, 0.15) is 226 Å². The fourth-order valence-electron chi connectivity index (χ4n) is 11.3. The van der Waals surface area contributed by atoms with Gasteiger partial charge in [0.15, 0.2) is 18.9 Å². The molecule has 0 aromatic heterocycles. The number of rotatable bonds is 52. The Kier molecular flexibility index (Phi) is 47.2. The van der Waals surface area contributed by atoms with Crippen LogP contribution in [0.3, 0.4) is 0 Å². The van der Waals surface area contributed by atoms with Crippen molar-refractivity contribution >= 4 is 5.91 Å². The molecule has 0 aromatic carbocycles. The van der Waals surface area contributed by atoms with Gasteiger partial charge in [-0.1, -0.05) is 227 Å². The van der Waals surface area contributed by atoms with Crippen LogP contribution in [0.4, 0.5) is 0 Å². The number of carbonyl (C=O) groups is 1. The fraction of sp³-hybridized carbons (Fsp3) is 0.789. The largest absolute Gasteiger partial charge is 0.394 e. The zero-order valence-corrected chi connectivity index (χ0v) is 54.8. The molecule has 0 aliphatic carbocycles. The summed E-state index contributed by atoms with van der Waals surface area (Å²) >= 11 is 0. The van der Waals surface area contributed by atoms with E-state index in [-0.39, 0.29) is 18.9 Å². The monoisotopic (exact) mass is 1280 g/mol. The number of amides is 1. The van der Waals surface area contributed by atoms with Crippen molar-refractivity contribution in [2.24, 2.45) is 0 Å². The first-order valence-corrected chi connectivity index (χ1v) is 34.8. The highest BCUT2D eigenvalue weighted by atomic mass is 16.8. The first kappa shape index (κ1) is 81.2. The van der Waals surface area contributed by atoms with Crippen molar-refractivity contribution < 1.29 is 89.4 Å². The van der Waals surface area contributed by atoms with Gasteiger partial charge in [0.25, 0.3) is 0 Å². The van der Waals surface area contributed by atoms with Gasteiger partial charge in [-0.2, -0.15) is 0 Å². The molecule has 3 aliphatic rings. The van der Waals surface area contributed by atoms with Gasteiger partial charge in [0.05, 0.1) is 38.6 Å². The van der Waals surface area contributed by atoms with Crippen LogP contribution in [0.5, 0.6) is 0 Å². The Morgan fingerprint density at radius 1 is 0.411 bits per heavy atom. The molecule has 3 saturated heterocycles. The van der Waals surface area contributed by atoms with Gasteiger partial charge in [0, 0.05) is 6.42 Å². The summed E-state index contributed by atoms with van der Waals surface area (Å²) in [5, 5.41) is 120. The van der Waals surface area contributed by atoms with Crippen molar-refractivity contribution in [1.82, 2.24) is 5.32 Å². The Labute approximate surface area is 540 Å². The molecule has 3 heterocycles. The minimum absolute atomic E-state index is 0.209. The van der Waals surface area contributed by atoms with E-state index in [1.807, 2.05) is 6.08 Å². The number of aliphatic hydroxyl groups is 11. The number of aliphatic hydroxyl groups excluding tert-OH is 11. The smallest absolute Gasteiger partial charge is 0.220 e. The van der Waals surface area contributed by atoms with E-state index in [9.17, 15) is 61.0 Å². The Hall–Kier alpha value is -3.03. The molecule has 90 heavy (non-hydrogen) atoms. The predicted molar refractivity (Wildman–Crippen MR) is 351 cm³/mol. The van der Waals surface area contributed by atoms with Gasteiger partial charge in [-0.15, -0.1) is 0 Å². The maximum Gasteiger partial charge on any atom is 0.220 e. The number of hydrogen-bond donors (Lipinski definition) is 12. The molecule has 0 aromatic rings. The van der Waals surface area contributed by atoms with Crippen LogP contribution < -0.4 is 5.32 Å². The lowest BCUT2D eigenvalue weighted by Gasteiger charge is -2.48. The first-order chi connectivity index (χ1) is 43.8. The molecule has 520 valence electrons. The average molecular weight is 1280 g/mol. The lowest BCUT2D eigenvalue weighted by Crippen LogP contribution is -2.66. The number of ether oxygens (including phenoxy) is 6. The lowest BCUT2D eigenvalue weighted by molar-refractivity contribution is -0.379. The summed E-state index contributed by atoms with van der Waals surface area (Å²) in [5.74, 6) is -0.306.